The molecule has 1 aromatic heterocycles. The minimum atomic E-state index is -1.05. The van der Waals surface area contributed by atoms with Gasteiger partial charge < -0.3 is 10.1 Å². The summed E-state index contributed by atoms with van der Waals surface area (Å²) in [6.07, 6.45) is 1.53. The molecule has 0 aliphatic carbocycles. The topological polar surface area (TPSA) is 34.2 Å². The van der Waals surface area contributed by atoms with Crippen LogP contribution in [0.5, 0.6) is 11.6 Å². The third-order valence-corrected chi connectivity index (χ3v) is 3.32. The number of aromatic nitrogens is 1. The molecule has 0 spiro atoms. The van der Waals surface area contributed by atoms with Crippen molar-refractivity contribution in [2.45, 2.75) is 6.54 Å². The summed E-state index contributed by atoms with van der Waals surface area (Å²) in [5.74, 6) is -2.03. The molecule has 2 rings (SSSR count). The molecule has 0 aliphatic rings. The van der Waals surface area contributed by atoms with Crippen LogP contribution in [0.2, 0.25) is 0 Å². The maximum absolute atomic E-state index is 13.7. The molecule has 3 nitrogen and oxygen atoms in total. The van der Waals surface area contributed by atoms with Crippen molar-refractivity contribution in [1.29, 1.82) is 0 Å². The number of pyridine rings is 1. The number of ether oxygens (including phenoxy) is 1. The predicted molar refractivity (Wildman–Crippen MR) is 78.8 cm³/mol. The molecule has 7 heteroatoms. The van der Waals surface area contributed by atoms with Gasteiger partial charge in [-0.3, -0.25) is 0 Å². The molecule has 106 valence electrons. The van der Waals surface area contributed by atoms with E-state index < -0.39 is 11.6 Å². The van der Waals surface area contributed by atoms with Gasteiger partial charge in [-0.1, -0.05) is 15.9 Å². The molecule has 20 heavy (non-hydrogen) atoms. The normalized spacial score (nSPS) is 10.7. The third-order valence-electron chi connectivity index (χ3n) is 2.43. The summed E-state index contributed by atoms with van der Waals surface area (Å²) < 4.78 is 33.6. The van der Waals surface area contributed by atoms with E-state index in [2.05, 4.69) is 42.2 Å². The minimum absolute atomic E-state index is 0.218. The molecule has 0 saturated carbocycles. The lowest BCUT2D eigenvalue weighted by Gasteiger charge is -2.11. The van der Waals surface area contributed by atoms with E-state index in [1.807, 2.05) is 0 Å². The number of rotatable bonds is 4. The van der Waals surface area contributed by atoms with Crippen LogP contribution in [0.15, 0.2) is 33.3 Å². The molecule has 0 aliphatic heterocycles. The SMILES string of the molecule is CNCc1cc(Br)cnc1Oc1cc(Br)cc(F)c1F. The average Bonchev–Trinajstić information content (AvgIpc) is 2.38. The predicted octanol–water partition coefficient (Wildman–Crippen LogP) is 4.40. The van der Waals surface area contributed by atoms with Crippen molar-refractivity contribution in [3.63, 3.8) is 0 Å². The first kappa shape index (κ1) is 15.3. The smallest absolute Gasteiger partial charge is 0.223 e. The van der Waals surface area contributed by atoms with Crippen molar-refractivity contribution in [2.24, 2.45) is 0 Å². The average molecular weight is 408 g/mol. The Morgan fingerprint density at radius 1 is 1.20 bits per heavy atom. The zero-order chi connectivity index (χ0) is 14.7. The molecular formula is C13H10Br2F2N2O. The zero-order valence-corrected chi connectivity index (χ0v) is 13.6. The Kier molecular flexibility index (Phi) is 5.06. The molecule has 0 amide bonds. The van der Waals surface area contributed by atoms with Gasteiger partial charge in [-0.15, -0.1) is 0 Å². The highest BCUT2D eigenvalue weighted by Gasteiger charge is 2.15. The fourth-order valence-electron chi connectivity index (χ4n) is 1.59. The van der Waals surface area contributed by atoms with Gasteiger partial charge in [-0.25, -0.2) is 9.37 Å². The van der Waals surface area contributed by atoms with Gasteiger partial charge in [0.05, 0.1) is 0 Å². The first-order valence-electron chi connectivity index (χ1n) is 5.62. The van der Waals surface area contributed by atoms with Crippen molar-refractivity contribution in [3.05, 3.63) is 50.5 Å². The van der Waals surface area contributed by atoms with Crippen molar-refractivity contribution in [1.82, 2.24) is 10.3 Å². The first-order valence-corrected chi connectivity index (χ1v) is 7.21. The molecule has 0 fully saturated rings. The summed E-state index contributed by atoms with van der Waals surface area (Å²) in [6.45, 7) is 0.486. The van der Waals surface area contributed by atoms with E-state index in [0.717, 1.165) is 16.1 Å². The lowest BCUT2D eigenvalue weighted by molar-refractivity contribution is 0.400. The molecule has 0 bridgehead atoms. The maximum Gasteiger partial charge on any atom is 0.223 e. The van der Waals surface area contributed by atoms with E-state index in [-0.39, 0.29) is 11.6 Å². The number of hydrogen-bond acceptors (Lipinski definition) is 3. The first-order chi connectivity index (χ1) is 9.51. The molecule has 0 atom stereocenters. The molecule has 0 unspecified atom stereocenters. The van der Waals surface area contributed by atoms with Gasteiger partial charge in [0.2, 0.25) is 11.7 Å². The summed E-state index contributed by atoms with van der Waals surface area (Å²) in [7, 11) is 1.77. The van der Waals surface area contributed by atoms with Gasteiger partial charge in [0.1, 0.15) is 0 Å². The summed E-state index contributed by atoms with van der Waals surface area (Å²) in [6, 6.07) is 4.18. The molecule has 1 aromatic carbocycles. The van der Waals surface area contributed by atoms with Crippen molar-refractivity contribution in [2.75, 3.05) is 7.05 Å². The van der Waals surface area contributed by atoms with E-state index in [1.54, 1.807) is 13.1 Å². The quantitative estimate of drug-likeness (QED) is 0.763. The van der Waals surface area contributed by atoms with Crippen LogP contribution < -0.4 is 10.1 Å². The van der Waals surface area contributed by atoms with Gasteiger partial charge in [0, 0.05) is 27.3 Å². The Morgan fingerprint density at radius 2 is 1.95 bits per heavy atom. The van der Waals surface area contributed by atoms with Gasteiger partial charge in [0.25, 0.3) is 0 Å². The zero-order valence-electron chi connectivity index (χ0n) is 10.4. The second-order valence-corrected chi connectivity index (χ2v) is 5.78. The van der Waals surface area contributed by atoms with Crippen LogP contribution in [0, 0.1) is 11.6 Å². The Bertz CT molecular complexity index is 638. The number of halogens is 4. The Labute approximate surface area is 131 Å². The van der Waals surface area contributed by atoms with E-state index in [9.17, 15) is 8.78 Å². The van der Waals surface area contributed by atoms with Crippen LogP contribution in [0.25, 0.3) is 0 Å². The number of hydrogen-bond donors (Lipinski definition) is 1. The summed E-state index contributed by atoms with van der Waals surface area (Å²) in [5, 5.41) is 2.96. The highest BCUT2D eigenvalue weighted by molar-refractivity contribution is 9.10. The lowest BCUT2D eigenvalue weighted by atomic mass is 10.2. The lowest BCUT2D eigenvalue weighted by Crippen LogP contribution is -2.07. The van der Waals surface area contributed by atoms with Gasteiger partial charge in [-0.05, 0) is 41.2 Å². The van der Waals surface area contributed by atoms with E-state index in [4.69, 9.17) is 4.74 Å². The van der Waals surface area contributed by atoms with Crippen molar-refractivity contribution >= 4 is 31.9 Å². The standard InChI is InChI=1S/C13H10Br2F2N2O/c1-18-5-7-2-9(15)6-19-13(7)20-11-4-8(14)3-10(16)12(11)17/h2-4,6,18H,5H2,1H3. The van der Waals surface area contributed by atoms with Crippen molar-refractivity contribution in [3.8, 4) is 11.6 Å². The second-order valence-electron chi connectivity index (χ2n) is 3.95. The summed E-state index contributed by atoms with van der Waals surface area (Å²) in [4.78, 5) is 4.08. The van der Waals surface area contributed by atoms with Crippen molar-refractivity contribution < 1.29 is 13.5 Å². The van der Waals surface area contributed by atoms with Gasteiger partial charge >= 0.3 is 0 Å². The highest BCUT2D eigenvalue weighted by atomic mass is 79.9. The summed E-state index contributed by atoms with van der Waals surface area (Å²) in [5.41, 5.74) is 0.724. The highest BCUT2D eigenvalue weighted by Crippen LogP contribution is 2.31. The van der Waals surface area contributed by atoms with Gasteiger partial charge in [0.15, 0.2) is 11.6 Å². The molecular weight excluding hydrogens is 398 g/mol. The van der Waals surface area contributed by atoms with E-state index in [0.29, 0.717) is 11.0 Å². The number of nitrogens with one attached hydrogen (secondary N) is 1. The third kappa shape index (κ3) is 3.53. The molecule has 0 radical (unpaired) electrons. The Morgan fingerprint density at radius 3 is 2.65 bits per heavy atom. The number of benzene rings is 1. The Balaban J connectivity index is 2.39. The molecule has 0 saturated heterocycles. The monoisotopic (exact) mass is 406 g/mol. The Hall–Kier alpha value is -1.05. The van der Waals surface area contributed by atoms with E-state index >= 15 is 0 Å². The maximum atomic E-state index is 13.7. The van der Waals surface area contributed by atoms with Gasteiger partial charge in [-0.2, -0.15) is 4.39 Å². The van der Waals surface area contributed by atoms with E-state index in [1.165, 1.54) is 12.3 Å². The second kappa shape index (κ2) is 6.60. The van der Waals surface area contributed by atoms with Crippen LogP contribution in [0.1, 0.15) is 5.56 Å². The molecule has 1 N–H and O–H groups in total. The fourth-order valence-corrected chi connectivity index (χ4v) is 2.38. The largest absolute Gasteiger partial charge is 0.435 e. The van der Waals surface area contributed by atoms with Crippen LogP contribution in [-0.2, 0) is 6.54 Å². The molecule has 1 heterocycles. The van der Waals surface area contributed by atoms with Crippen LogP contribution >= 0.6 is 31.9 Å². The van der Waals surface area contributed by atoms with Crippen LogP contribution in [0.4, 0.5) is 8.78 Å². The number of nitrogens with zero attached hydrogens (tertiary/aromatic N) is 1. The fraction of sp³-hybridized carbons (Fsp3) is 0.154. The minimum Gasteiger partial charge on any atom is -0.435 e. The summed E-state index contributed by atoms with van der Waals surface area (Å²) >= 11 is 6.40. The van der Waals surface area contributed by atoms with Crippen LogP contribution in [0.3, 0.4) is 0 Å². The van der Waals surface area contributed by atoms with Crippen LogP contribution in [-0.4, -0.2) is 12.0 Å². The molecule has 2 aromatic rings.